The number of nitrogens with two attached hydrogens (primary N) is 1. The van der Waals surface area contributed by atoms with Gasteiger partial charge in [-0.05, 0) is 11.5 Å². The number of aromatic nitrogens is 1. The third kappa shape index (κ3) is 1.36. The van der Waals surface area contributed by atoms with Gasteiger partial charge in [0.15, 0.2) is 5.82 Å². The number of hydrogen-bond acceptors (Lipinski definition) is 2. The highest BCUT2D eigenvalue weighted by molar-refractivity contribution is 5.91. The number of pyridine rings is 1. The lowest BCUT2D eigenvalue weighted by Crippen LogP contribution is -1.88. The number of nitrogens with zero attached hydrogens (tertiary/aromatic N) is 2. The Labute approximate surface area is 75.9 Å². The third-order valence-corrected chi connectivity index (χ3v) is 1.85. The smallest absolute Gasteiger partial charge is 0.161 e. The molecule has 0 aliphatic rings. The number of aliphatic imine (C=N–C) groups is 1. The molecule has 2 aromatic rings. The van der Waals surface area contributed by atoms with Gasteiger partial charge in [-0.1, -0.05) is 24.3 Å². The Kier molecular flexibility index (Phi) is 1.92. The molecule has 3 nitrogen and oxygen atoms in total. The van der Waals surface area contributed by atoms with Gasteiger partial charge < -0.3 is 5.73 Å². The third-order valence-electron chi connectivity index (χ3n) is 1.85. The molecule has 64 valence electrons. The molecule has 0 atom stereocenters. The minimum atomic E-state index is 0.667. The largest absolute Gasteiger partial charge is 0.390 e. The highest BCUT2D eigenvalue weighted by Crippen LogP contribution is 2.21. The SMILES string of the molecule is NC=Nc1nccc2ccccc12. The minimum Gasteiger partial charge on any atom is -0.390 e. The zero-order chi connectivity index (χ0) is 9.10. The lowest BCUT2D eigenvalue weighted by Gasteiger charge is -1.98. The van der Waals surface area contributed by atoms with Crippen molar-refractivity contribution in [3.05, 3.63) is 36.5 Å². The highest BCUT2D eigenvalue weighted by Gasteiger charge is 1.97. The summed E-state index contributed by atoms with van der Waals surface area (Å²) in [5.74, 6) is 0.667. The van der Waals surface area contributed by atoms with Gasteiger partial charge in [-0.2, -0.15) is 0 Å². The molecule has 2 N–H and O–H groups in total. The van der Waals surface area contributed by atoms with E-state index in [0.717, 1.165) is 10.8 Å². The number of rotatable bonds is 1. The van der Waals surface area contributed by atoms with Crippen molar-refractivity contribution in [3.8, 4) is 0 Å². The molecule has 3 heteroatoms. The summed E-state index contributed by atoms with van der Waals surface area (Å²) in [5.41, 5.74) is 5.22. The maximum Gasteiger partial charge on any atom is 0.161 e. The summed E-state index contributed by atoms with van der Waals surface area (Å²) in [6.45, 7) is 0. The Morgan fingerprint density at radius 1 is 1.23 bits per heavy atom. The minimum absolute atomic E-state index is 0.667. The average Bonchev–Trinajstić information content (AvgIpc) is 2.19. The Balaban J connectivity index is 2.75. The topological polar surface area (TPSA) is 51.3 Å². The first-order valence-electron chi connectivity index (χ1n) is 4.00. The predicted molar refractivity (Wildman–Crippen MR) is 54.1 cm³/mol. The second kappa shape index (κ2) is 3.23. The summed E-state index contributed by atoms with van der Waals surface area (Å²) in [7, 11) is 0. The molecule has 0 saturated carbocycles. The predicted octanol–water partition coefficient (Wildman–Crippen LogP) is 1.85. The summed E-state index contributed by atoms with van der Waals surface area (Å²) < 4.78 is 0. The van der Waals surface area contributed by atoms with Gasteiger partial charge in [0.2, 0.25) is 0 Å². The van der Waals surface area contributed by atoms with E-state index in [4.69, 9.17) is 5.73 Å². The molecule has 0 saturated heterocycles. The fourth-order valence-electron chi connectivity index (χ4n) is 1.28. The summed E-state index contributed by atoms with van der Waals surface area (Å²) >= 11 is 0. The fourth-order valence-corrected chi connectivity index (χ4v) is 1.28. The number of hydrogen-bond donors (Lipinski definition) is 1. The van der Waals surface area contributed by atoms with Gasteiger partial charge in [0.05, 0.1) is 6.34 Å². The van der Waals surface area contributed by atoms with Crippen LogP contribution in [-0.2, 0) is 0 Å². The Hall–Kier alpha value is -1.90. The van der Waals surface area contributed by atoms with Crippen LogP contribution in [0, 0.1) is 0 Å². The molecule has 1 heterocycles. The van der Waals surface area contributed by atoms with Crippen LogP contribution in [0.5, 0.6) is 0 Å². The molecule has 1 aromatic carbocycles. The quantitative estimate of drug-likeness (QED) is 0.526. The van der Waals surface area contributed by atoms with Gasteiger partial charge in [-0.25, -0.2) is 9.98 Å². The molecule has 2 rings (SSSR count). The van der Waals surface area contributed by atoms with Crippen LogP contribution in [0.4, 0.5) is 5.82 Å². The molecule has 0 aliphatic carbocycles. The van der Waals surface area contributed by atoms with E-state index < -0.39 is 0 Å². The first-order chi connectivity index (χ1) is 6.42. The van der Waals surface area contributed by atoms with Crippen LogP contribution in [-0.4, -0.2) is 11.3 Å². The van der Waals surface area contributed by atoms with E-state index in [0.29, 0.717) is 5.82 Å². The van der Waals surface area contributed by atoms with Crippen LogP contribution >= 0.6 is 0 Å². The van der Waals surface area contributed by atoms with Crippen molar-refractivity contribution in [3.63, 3.8) is 0 Å². The van der Waals surface area contributed by atoms with Crippen LogP contribution in [0.3, 0.4) is 0 Å². The average molecular weight is 171 g/mol. The van der Waals surface area contributed by atoms with Gasteiger partial charge in [-0.15, -0.1) is 0 Å². The van der Waals surface area contributed by atoms with Gasteiger partial charge in [-0.3, -0.25) is 0 Å². The van der Waals surface area contributed by atoms with Crippen molar-refractivity contribution >= 4 is 22.9 Å². The van der Waals surface area contributed by atoms with E-state index in [9.17, 15) is 0 Å². The van der Waals surface area contributed by atoms with Crippen molar-refractivity contribution in [2.75, 3.05) is 0 Å². The van der Waals surface area contributed by atoms with Crippen LogP contribution in [0.15, 0.2) is 41.5 Å². The monoisotopic (exact) mass is 171 g/mol. The molecule has 0 spiro atoms. The molecule has 1 aromatic heterocycles. The lowest BCUT2D eigenvalue weighted by atomic mass is 10.2. The second-order valence-corrected chi connectivity index (χ2v) is 2.63. The summed E-state index contributed by atoms with van der Waals surface area (Å²) in [6.07, 6.45) is 2.99. The van der Waals surface area contributed by atoms with Gasteiger partial charge in [0.1, 0.15) is 0 Å². The zero-order valence-corrected chi connectivity index (χ0v) is 7.01. The first kappa shape index (κ1) is 7.73. The van der Waals surface area contributed by atoms with Crippen molar-refractivity contribution < 1.29 is 0 Å². The van der Waals surface area contributed by atoms with Crippen LogP contribution in [0.2, 0.25) is 0 Å². The normalized spacial score (nSPS) is 11.1. The van der Waals surface area contributed by atoms with Crippen LogP contribution in [0.1, 0.15) is 0 Å². The van der Waals surface area contributed by atoms with Gasteiger partial charge >= 0.3 is 0 Å². The zero-order valence-electron chi connectivity index (χ0n) is 7.01. The van der Waals surface area contributed by atoms with Crippen LogP contribution < -0.4 is 5.73 Å². The van der Waals surface area contributed by atoms with E-state index in [1.165, 1.54) is 6.34 Å². The van der Waals surface area contributed by atoms with E-state index in [1.807, 2.05) is 30.3 Å². The molecule has 0 bridgehead atoms. The lowest BCUT2D eigenvalue weighted by molar-refractivity contribution is 1.31. The Morgan fingerprint density at radius 3 is 2.92 bits per heavy atom. The number of fused-ring (bicyclic) bond motifs is 1. The number of benzene rings is 1. The summed E-state index contributed by atoms with van der Waals surface area (Å²) in [4.78, 5) is 8.10. The maximum absolute atomic E-state index is 5.22. The van der Waals surface area contributed by atoms with Crippen molar-refractivity contribution in [2.45, 2.75) is 0 Å². The van der Waals surface area contributed by atoms with Gasteiger partial charge in [0.25, 0.3) is 0 Å². The Bertz CT molecular complexity index is 443. The summed E-state index contributed by atoms with van der Waals surface area (Å²) in [5, 5.41) is 2.14. The van der Waals surface area contributed by atoms with E-state index >= 15 is 0 Å². The molecule has 0 aliphatic heterocycles. The molecule has 0 radical (unpaired) electrons. The van der Waals surface area contributed by atoms with Crippen LogP contribution in [0.25, 0.3) is 10.8 Å². The van der Waals surface area contributed by atoms with Gasteiger partial charge in [0, 0.05) is 11.6 Å². The van der Waals surface area contributed by atoms with Crippen molar-refractivity contribution in [2.24, 2.45) is 10.7 Å². The molecule has 13 heavy (non-hydrogen) atoms. The standard InChI is InChI=1S/C10H9N3/c11-7-13-10-9-4-2-1-3-8(9)5-6-12-10/h1-7H,(H2,11,12,13). The van der Waals surface area contributed by atoms with Crippen molar-refractivity contribution in [1.82, 2.24) is 4.98 Å². The Morgan fingerprint density at radius 2 is 2.08 bits per heavy atom. The fraction of sp³-hybridized carbons (Fsp3) is 0. The maximum atomic E-state index is 5.22. The van der Waals surface area contributed by atoms with E-state index in [2.05, 4.69) is 9.98 Å². The molecule has 0 unspecified atom stereocenters. The molecular weight excluding hydrogens is 162 g/mol. The molecule has 0 fully saturated rings. The second-order valence-electron chi connectivity index (χ2n) is 2.63. The van der Waals surface area contributed by atoms with E-state index in [-0.39, 0.29) is 0 Å². The molecule has 0 amide bonds. The summed E-state index contributed by atoms with van der Waals surface area (Å²) in [6, 6.07) is 9.89. The first-order valence-corrected chi connectivity index (χ1v) is 4.00. The molecular formula is C10H9N3. The van der Waals surface area contributed by atoms with Crippen molar-refractivity contribution in [1.29, 1.82) is 0 Å². The highest BCUT2D eigenvalue weighted by atomic mass is 14.9. The van der Waals surface area contributed by atoms with E-state index in [1.54, 1.807) is 6.20 Å².